The van der Waals surface area contributed by atoms with Gasteiger partial charge in [-0.2, -0.15) is 0 Å². The topological polar surface area (TPSA) is 26.3 Å². The van der Waals surface area contributed by atoms with Crippen LogP contribution in [0.25, 0.3) is 0 Å². The average molecular weight is 321 g/mol. The SMILES string of the molecule is O=C1CCCc2ccc(OCc3ccc(Cl)c(Cl)c3)cc21. The summed E-state index contributed by atoms with van der Waals surface area (Å²) >= 11 is 11.9. The van der Waals surface area contributed by atoms with Gasteiger partial charge >= 0.3 is 0 Å². The molecule has 3 rings (SSSR count). The van der Waals surface area contributed by atoms with Gasteiger partial charge < -0.3 is 4.74 Å². The van der Waals surface area contributed by atoms with E-state index >= 15 is 0 Å². The molecule has 0 atom stereocenters. The van der Waals surface area contributed by atoms with Crippen LogP contribution in [-0.4, -0.2) is 5.78 Å². The fourth-order valence-electron chi connectivity index (χ4n) is 2.49. The smallest absolute Gasteiger partial charge is 0.163 e. The number of Topliss-reactive ketones (excluding diaryl/α,β-unsaturated/α-hetero) is 1. The minimum Gasteiger partial charge on any atom is -0.489 e. The molecule has 0 amide bonds. The normalized spacial score (nSPS) is 13.9. The van der Waals surface area contributed by atoms with E-state index in [0.717, 1.165) is 29.5 Å². The fraction of sp³-hybridized carbons (Fsp3) is 0.235. The molecule has 4 heteroatoms. The van der Waals surface area contributed by atoms with Crippen molar-refractivity contribution in [2.24, 2.45) is 0 Å². The summed E-state index contributed by atoms with van der Waals surface area (Å²) in [7, 11) is 0. The summed E-state index contributed by atoms with van der Waals surface area (Å²) in [5, 5.41) is 1.04. The van der Waals surface area contributed by atoms with E-state index in [1.807, 2.05) is 24.3 Å². The molecule has 0 saturated heterocycles. The molecule has 0 saturated carbocycles. The quantitative estimate of drug-likeness (QED) is 0.787. The van der Waals surface area contributed by atoms with Crippen LogP contribution in [0.3, 0.4) is 0 Å². The first-order chi connectivity index (χ1) is 10.1. The third-order valence-corrected chi connectivity index (χ3v) is 4.36. The highest BCUT2D eigenvalue weighted by Crippen LogP contribution is 2.27. The Morgan fingerprint density at radius 2 is 1.86 bits per heavy atom. The minimum atomic E-state index is 0.205. The molecule has 0 aliphatic heterocycles. The molecular formula is C17H14Cl2O2. The van der Waals surface area contributed by atoms with E-state index in [9.17, 15) is 4.79 Å². The van der Waals surface area contributed by atoms with Crippen LogP contribution in [0.5, 0.6) is 5.75 Å². The van der Waals surface area contributed by atoms with E-state index in [0.29, 0.717) is 28.8 Å². The Balaban J connectivity index is 1.75. The summed E-state index contributed by atoms with van der Waals surface area (Å²) in [6.07, 6.45) is 2.53. The van der Waals surface area contributed by atoms with Crippen molar-refractivity contribution in [1.29, 1.82) is 0 Å². The van der Waals surface area contributed by atoms with E-state index in [-0.39, 0.29) is 5.78 Å². The third kappa shape index (κ3) is 3.22. The van der Waals surface area contributed by atoms with E-state index in [1.54, 1.807) is 12.1 Å². The Kier molecular flexibility index (Phi) is 4.18. The van der Waals surface area contributed by atoms with E-state index in [2.05, 4.69) is 0 Å². The predicted molar refractivity (Wildman–Crippen MR) is 84.5 cm³/mol. The molecule has 0 radical (unpaired) electrons. The van der Waals surface area contributed by atoms with Crippen LogP contribution in [0.2, 0.25) is 10.0 Å². The molecule has 2 aromatic rings. The van der Waals surface area contributed by atoms with Gasteiger partial charge in [0.25, 0.3) is 0 Å². The molecule has 0 N–H and O–H groups in total. The lowest BCUT2D eigenvalue weighted by atomic mass is 9.90. The molecule has 0 heterocycles. The molecular weight excluding hydrogens is 307 g/mol. The summed E-state index contributed by atoms with van der Waals surface area (Å²) in [6.45, 7) is 0.393. The zero-order valence-corrected chi connectivity index (χ0v) is 12.9. The van der Waals surface area contributed by atoms with Gasteiger partial charge in [-0.15, -0.1) is 0 Å². The van der Waals surface area contributed by atoms with Crippen LogP contribution in [0, 0.1) is 0 Å². The minimum absolute atomic E-state index is 0.205. The van der Waals surface area contributed by atoms with Gasteiger partial charge in [-0.25, -0.2) is 0 Å². The first kappa shape index (κ1) is 14.4. The number of carbonyl (C=O) groups excluding carboxylic acids is 1. The van der Waals surface area contributed by atoms with Crippen molar-refractivity contribution < 1.29 is 9.53 Å². The van der Waals surface area contributed by atoms with Crippen LogP contribution >= 0.6 is 23.2 Å². The summed E-state index contributed by atoms with van der Waals surface area (Å²) < 4.78 is 5.75. The summed E-state index contributed by atoms with van der Waals surface area (Å²) in [5.41, 5.74) is 2.86. The molecule has 0 fully saturated rings. The van der Waals surface area contributed by atoms with Crippen molar-refractivity contribution in [1.82, 2.24) is 0 Å². The van der Waals surface area contributed by atoms with Gasteiger partial charge in [0.15, 0.2) is 5.78 Å². The predicted octanol–water partition coefficient (Wildman–Crippen LogP) is 5.09. The Hall–Kier alpha value is -1.51. The average Bonchev–Trinajstić information content (AvgIpc) is 2.49. The van der Waals surface area contributed by atoms with Crippen molar-refractivity contribution in [3.05, 3.63) is 63.1 Å². The number of hydrogen-bond acceptors (Lipinski definition) is 2. The van der Waals surface area contributed by atoms with Gasteiger partial charge in [0.05, 0.1) is 10.0 Å². The second-order valence-electron chi connectivity index (χ2n) is 5.13. The zero-order valence-electron chi connectivity index (χ0n) is 11.4. The molecule has 0 aromatic heterocycles. The molecule has 21 heavy (non-hydrogen) atoms. The van der Waals surface area contributed by atoms with Gasteiger partial charge in [-0.1, -0.05) is 35.3 Å². The van der Waals surface area contributed by atoms with Crippen LogP contribution in [0.4, 0.5) is 0 Å². The maximum absolute atomic E-state index is 11.9. The molecule has 108 valence electrons. The number of ketones is 1. The monoisotopic (exact) mass is 320 g/mol. The molecule has 0 bridgehead atoms. The zero-order chi connectivity index (χ0) is 14.8. The number of aryl methyl sites for hydroxylation is 1. The molecule has 2 aromatic carbocycles. The lowest BCUT2D eigenvalue weighted by Gasteiger charge is -2.16. The Morgan fingerprint density at radius 3 is 2.67 bits per heavy atom. The molecule has 0 spiro atoms. The largest absolute Gasteiger partial charge is 0.489 e. The van der Waals surface area contributed by atoms with Crippen LogP contribution in [-0.2, 0) is 13.0 Å². The standard InChI is InChI=1S/C17H14Cl2O2/c18-15-7-4-11(8-16(15)19)10-21-13-6-5-12-2-1-3-17(20)14(12)9-13/h4-9H,1-3,10H2. The highest BCUT2D eigenvalue weighted by atomic mass is 35.5. The number of hydrogen-bond donors (Lipinski definition) is 0. The van der Waals surface area contributed by atoms with Gasteiger partial charge in [-0.3, -0.25) is 4.79 Å². The number of benzene rings is 2. The van der Waals surface area contributed by atoms with Crippen molar-refractivity contribution in [2.75, 3.05) is 0 Å². The van der Waals surface area contributed by atoms with Gasteiger partial charge in [0, 0.05) is 12.0 Å². The molecule has 1 aliphatic carbocycles. The van der Waals surface area contributed by atoms with Gasteiger partial charge in [-0.05, 0) is 48.2 Å². The number of fused-ring (bicyclic) bond motifs is 1. The van der Waals surface area contributed by atoms with Gasteiger partial charge in [0.2, 0.25) is 0 Å². The van der Waals surface area contributed by atoms with E-state index in [1.165, 1.54) is 0 Å². The summed E-state index contributed by atoms with van der Waals surface area (Å²) in [5.74, 6) is 0.909. The van der Waals surface area contributed by atoms with Crippen LogP contribution < -0.4 is 4.74 Å². The Morgan fingerprint density at radius 1 is 1.00 bits per heavy atom. The Bertz CT molecular complexity index is 695. The fourth-order valence-corrected chi connectivity index (χ4v) is 2.81. The second-order valence-corrected chi connectivity index (χ2v) is 5.95. The Labute approximate surface area is 133 Å². The van der Waals surface area contributed by atoms with E-state index in [4.69, 9.17) is 27.9 Å². The first-order valence-electron chi connectivity index (χ1n) is 6.86. The highest BCUT2D eigenvalue weighted by Gasteiger charge is 2.17. The van der Waals surface area contributed by atoms with Crippen molar-refractivity contribution >= 4 is 29.0 Å². The van der Waals surface area contributed by atoms with Crippen molar-refractivity contribution in [2.45, 2.75) is 25.9 Å². The number of halogens is 2. The maximum Gasteiger partial charge on any atom is 0.163 e. The summed E-state index contributed by atoms with van der Waals surface area (Å²) in [4.78, 5) is 11.9. The number of carbonyl (C=O) groups is 1. The van der Waals surface area contributed by atoms with E-state index < -0.39 is 0 Å². The molecule has 0 unspecified atom stereocenters. The van der Waals surface area contributed by atoms with Gasteiger partial charge in [0.1, 0.15) is 12.4 Å². The van der Waals surface area contributed by atoms with Crippen molar-refractivity contribution in [3.63, 3.8) is 0 Å². The maximum atomic E-state index is 11.9. The molecule has 2 nitrogen and oxygen atoms in total. The lowest BCUT2D eigenvalue weighted by molar-refractivity contribution is 0.0972. The van der Waals surface area contributed by atoms with Crippen LogP contribution in [0.15, 0.2) is 36.4 Å². The van der Waals surface area contributed by atoms with Crippen molar-refractivity contribution in [3.8, 4) is 5.75 Å². The highest BCUT2D eigenvalue weighted by molar-refractivity contribution is 6.42. The van der Waals surface area contributed by atoms with Crippen LogP contribution in [0.1, 0.15) is 34.3 Å². The molecule has 1 aliphatic rings. The lowest BCUT2D eigenvalue weighted by Crippen LogP contribution is -2.10. The second kappa shape index (κ2) is 6.08. The first-order valence-corrected chi connectivity index (χ1v) is 7.62. The summed E-state index contributed by atoms with van der Waals surface area (Å²) in [6, 6.07) is 11.1. The number of ether oxygens (including phenoxy) is 1. The number of rotatable bonds is 3. The third-order valence-electron chi connectivity index (χ3n) is 3.62.